The summed E-state index contributed by atoms with van der Waals surface area (Å²) >= 11 is 0. The molecule has 1 aromatic heterocycles. The first-order chi connectivity index (χ1) is 15.1. The number of carbonyl (C=O) groups excluding carboxylic acids is 1. The number of carbonyl (C=O) groups is 1. The first-order valence-electron chi connectivity index (χ1n) is 10.3. The maximum Gasteiger partial charge on any atom is 0.271 e. The van der Waals surface area contributed by atoms with E-state index in [1.807, 2.05) is 70.2 Å². The highest BCUT2D eigenvalue weighted by Crippen LogP contribution is 2.27. The third kappa shape index (κ3) is 4.42. The largest absolute Gasteiger partial charge is 0.494 e. The van der Waals surface area contributed by atoms with E-state index in [1.165, 1.54) is 6.92 Å². The van der Waals surface area contributed by atoms with Gasteiger partial charge in [0, 0.05) is 0 Å². The standard InChI is InChI=1S/C26H26N2O4/c1-15-6-8-20(9-7-15)13-28-25(30)21(12-27)19(5)23(26(28)31)22(29)14-32-24-17(3)10-16(2)11-18(24)4/h6-11,31H,13-14H2,1-5H3. The highest BCUT2D eigenvalue weighted by Gasteiger charge is 2.24. The van der Waals surface area contributed by atoms with Crippen molar-refractivity contribution < 1.29 is 14.6 Å². The van der Waals surface area contributed by atoms with Crippen molar-refractivity contribution in [3.8, 4) is 17.7 Å². The minimum absolute atomic E-state index is 0.0389. The molecule has 0 aliphatic carbocycles. The topological polar surface area (TPSA) is 92.3 Å². The van der Waals surface area contributed by atoms with Gasteiger partial charge in [-0.05, 0) is 56.9 Å². The number of pyridine rings is 1. The van der Waals surface area contributed by atoms with E-state index in [0.717, 1.165) is 32.4 Å². The molecule has 0 radical (unpaired) electrons. The van der Waals surface area contributed by atoms with E-state index >= 15 is 0 Å². The van der Waals surface area contributed by atoms with E-state index in [2.05, 4.69) is 0 Å². The fraction of sp³-hybridized carbons (Fsp3) is 0.269. The normalized spacial score (nSPS) is 10.6. The number of aryl methyl sites for hydroxylation is 4. The Kier molecular flexibility index (Phi) is 6.50. The van der Waals surface area contributed by atoms with Crippen LogP contribution in [-0.2, 0) is 6.54 Å². The SMILES string of the molecule is Cc1ccc(Cn2c(O)c(C(=O)COc3c(C)cc(C)cc3C)c(C)c(C#N)c2=O)cc1. The number of hydrogen-bond acceptors (Lipinski definition) is 5. The minimum Gasteiger partial charge on any atom is -0.494 e. The Morgan fingerprint density at radius 2 is 1.62 bits per heavy atom. The number of hydrogen-bond donors (Lipinski definition) is 1. The molecule has 0 aliphatic heterocycles. The number of rotatable bonds is 6. The van der Waals surface area contributed by atoms with Crippen molar-refractivity contribution in [2.45, 2.75) is 41.2 Å². The van der Waals surface area contributed by atoms with E-state index < -0.39 is 17.2 Å². The van der Waals surface area contributed by atoms with Gasteiger partial charge in [0.1, 0.15) is 17.4 Å². The van der Waals surface area contributed by atoms with Crippen LogP contribution in [0.15, 0.2) is 41.2 Å². The average molecular weight is 431 g/mol. The molecule has 0 saturated heterocycles. The van der Waals surface area contributed by atoms with E-state index in [9.17, 15) is 20.0 Å². The fourth-order valence-electron chi connectivity index (χ4n) is 3.91. The van der Waals surface area contributed by atoms with Gasteiger partial charge in [-0.25, -0.2) is 0 Å². The van der Waals surface area contributed by atoms with Crippen molar-refractivity contribution in [3.63, 3.8) is 0 Å². The molecule has 1 heterocycles. The Hall–Kier alpha value is -3.85. The second-order valence-electron chi connectivity index (χ2n) is 8.13. The van der Waals surface area contributed by atoms with Crippen LogP contribution in [0, 0.1) is 45.9 Å². The number of ketones is 1. The Morgan fingerprint density at radius 3 is 2.19 bits per heavy atom. The van der Waals surface area contributed by atoms with E-state index in [-0.39, 0.29) is 29.8 Å². The molecule has 0 fully saturated rings. The third-order valence-electron chi connectivity index (χ3n) is 5.49. The van der Waals surface area contributed by atoms with E-state index in [0.29, 0.717) is 5.75 Å². The van der Waals surface area contributed by atoms with Gasteiger partial charge in [-0.3, -0.25) is 14.2 Å². The van der Waals surface area contributed by atoms with Gasteiger partial charge >= 0.3 is 0 Å². The van der Waals surface area contributed by atoms with Gasteiger partial charge < -0.3 is 9.84 Å². The summed E-state index contributed by atoms with van der Waals surface area (Å²) in [6.07, 6.45) is 0. The molecule has 0 bridgehead atoms. The van der Waals surface area contributed by atoms with Crippen LogP contribution >= 0.6 is 0 Å². The molecule has 1 N–H and O–H groups in total. The van der Waals surface area contributed by atoms with Crippen LogP contribution in [0.1, 0.15) is 49.3 Å². The average Bonchev–Trinajstić information content (AvgIpc) is 2.72. The van der Waals surface area contributed by atoms with Crippen molar-refractivity contribution >= 4 is 5.78 Å². The predicted molar refractivity (Wildman–Crippen MR) is 123 cm³/mol. The number of Topliss-reactive ketones (excluding diaryl/α,β-unsaturated/α-hetero) is 1. The number of benzene rings is 2. The maximum absolute atomic E-state index is 13.1. The number of nitriles is 1. The Morgan fingerprint density at radius 1 is 1.03 bits per heavy atom. The molecule has 0 saturated carbocycles. The first-order valence-corrected chi connectivity index (χ1v) is 10.3. The van der Waals surface area contributed by atoms with E-state index in [4.69, 9.17) is 4.74 Å². The Bertz CT molecular complexity index is 1270. The molecular weight excluding hydrogens is 404 g/mol. The van der Waals surface area contributed by atoms with Crippen molar-refractivity contribution in [2.75, 3.05) is 6.61 Å². The van der Waals surface area contributed by atoms with Gasteiger partial charge in [-0.1, -0.05) is 47.5 Å². The van der Waals surface area contributed by atoms with Crippen LogP contribution in [0.4, 0.5) is 0 Å². The summed E-state index contributed by atoms with van der Waals surface area (Å²) in [6.45, 7) is 8.93. The number of aromatic nitrogens is 1. The van der Waals surface area contributed by atoms with Crippen LogP contribution in [-0.4, -0.2) is 22.1 Å². The number of nitrogens with zero attached hydrogens (tertiary/aromatic N) is 2. The highest BCUT2D eigenvalue weighted by molar-refractivity contribution is 6.01. The Balaban J connectivity index is 2.00. The van der Waals surface area contributed by atoms with E-state index in [1.54, 1.807) is 0 Å². The predicted octanol–water partition coefficient (Wildman–Crippen LogP) is 4.28. The molecule has 0 aliphatic rings. The molecule has 6 heteroatoms. The molecule has 0 spiro atoms. The van der Waals surface area contributed by atoms with Crippen LogP contribution in [0.5, 0.6) is 11.6 Å². The molecule has 164 valence electrons. The van der Waals surface area contributed by atoms with Gasteiger partial charge in [0.2, 0.25) is 11.7 Å². The summed E-state index contributed by atoms with van der Waals surface area (Å²) in [5.74, 6) is -0.360. The molecule has 0 atom stereocenters. The lowest BCUT2D eigenvalue weighted by Crippen LogP contribution is -2.28. The summed E-state index contributed by atoms with van der Waals surface area (Å²) in [4.78, 5) is 25.9. The third-order valence-corrected chi connectivity index (χ3v) is 5.49. The second kappa shape index (κ2) is 9.11. The highest BCUT2D eigenvalue weighted by atomic mass is 16.5. The molecule has 0 unspecified atom stereocenters. The molecule has 0 amide bonds. The molecular formula is C26H26N2O4. The van der Waals surface area contributed by atoms with Crippen LogP contribution in [0.2, 0.25) is 0 Å². The van der Waals surface area contributed by atoms with Crippen LogP contribution in [0.3, 0.4) is 0 Å². The summed E-state index contributed by atoms with van der Waals surface area (Å²) in [5.41, 5.74) is 4.00. The molecule has 3 aromatic rings. The maximum atomic E-state index is 13.1. The molecule has 32 heavy (non-hydrogen) atoms. The van der Waals surface area contributed by atoms with Crippen molar-refractivity contribution in [1.29, 1.82) is 5.26 Å². The van der Waals surface area contributed by atoms with Crippen molar-refractivity contribution in [3.05, 3.63) is 91.3 Å². The zero-order valence-electron chi connectivity index (χ0n) is 18.9. The lowest BCUT2D eigenvalue weighted by molar-refractivity contribution is 0.0915. The number of aromatic hydroxyl groups is 1. The van der Waals surface area contributed by atoms with Crippen molar-refractivity contribution in [2.24, 2.45) is 0 Å². The van der Waals surface area contributed by atoms with Gasteiger partial charge in [0.05, 0.1) is 12.1 Å². The minimum atomic E-state index is -0.634. The first kappa shape index (κ1) is 22.8. The van der Waals surface area contributed by atoms with Gasteiger partial charge in [0.15, 0.2) is 6.61 Å². The zero-order valence-corrected chi connectivity index (χ0v) is 18.9. The van der Waals surface area contributed by atoms with Gasteiger partial charge in [-0.2, -0.15) is 5.26 Å². The van der Waals surface area contributed by atoms with Gasteiger partial charge in [-0.15, -0.1) is 0 Å². The summed E-state index contributed by atoms with van der Waals surface area (Å²) in [7, 11) is 0. The van der Waals surface area contributed by atoms with Crippen LogP contribution in [0.25, 0.3) is 0 Å². The quantitative estimate of drug-likeness (QED) is 0.590. The smallest absolute Gasteiger partial charge is 0.271 e. The summed E-state index contributed by atoms with van der Waals surface area (Å²) < 4.78 is 6.85. The van der Waals surface area contributed by atoms with Crippen LogP contribution < -0.4 is 10.3 Å². The number of ether oxygens (including phenoxy) is 1. The molecule has 3 rings (SSSR count). The van der Waals surface area contributed by atoms with Crippen molar-refractivity contribution in [1.82, 2.24) is 4.57 Å². The Labute approximate surface area is 187 Å². The second-order valence-corrected chi connectivity index (χ2v) is 8.13. The lowest BCUT2D eigenvalue weighted by Gasteiger charge is -2.17. The van der Waals surface area contributed by atoms with Gasteiger partial charge in [0.25, 0.3) is 5.56 Å². The summed E-state index contributed by atoms with van der Waals surface area (Å²) in [6, 6.07) is 13.3. The lowest BCUT2D eigenvalue weighted by atomic mass is 10.0. The molecule has 2 aromatic carbocycles. The summed E-state index contributed by atoms with van der Waals surface area (Å²) in [5, 5.41) is 20.4. The molecule has 6 nitrogen and oxygen atoms in total. The zero-order chi connectivity index (χ0) is 23.6. The monoisotopic (exact) mass is 430 g/mol. The fourth-order valence-corrected chi connectivity index (χ4v) is 3.91.